The molecule has 2 rings (SSSR count). The summed E-state index contributed by atoms with van der Waals surface area (Å²) < 4.78 is 0. The molecule has 0 radical (unpaired) electrons. The van der Waals surface area contributed by atoms with Gasteiger partial charge in [-0.3, -0.25) is 4.98 Å². The third-order valence-corrected chi connectivity index (χ3v) is 3.77. The molecule has 0 spiro atoms. The van der Waals surface area contributed by atoms with Crippen LogP contribution in [-0.4, -0.2) is 9.97 Å². The first kappa shape index (κ1) is 11.8. The van der Waals surface area contributed by atoms with E-state index in [0.717, 1.165) is 15.6 Å². The Balaban J connectivity index is 2.50. The first-order valence-electron chi connectivity index (χ1n) is 4.59. The number of nitrogens with zero attached hydrogens (tertiary/aromatic N) is 2. The summed E-state index contributed by atoms with van der Waals surface area (Å²) in [7, 11) is 0. The van der Waals surface area contributed by atoms with E-state index in [1.54, 1.807) is 12.3 Å². The highest BCUT2D eigenvalue weighted by molar-refractivity contribution is 7.15. The zero-order chi connectivity index (χ0) is 11.7. The molecule has 84 valence electrons. The number of pyridine rings is 1. The fourth-order valence-electron chi connectivity index (χ4n) is 1.29. The summed E-state index contributed by atoms with van der Waals surface area (Å²) in [4.78, 5) is 9.61. The Morgan fingerprint density at radius 2 is 2.19 bits per heavy atom. The van der Waals surface area contributed by atoms with Gasteiger partial charge in [-0.15, -0.1) is 11.3 Å². The number of nitrogens with two attached hydrogens (primary N) is 1. The zero-order valence-electron chi connectivity index (χ0n) is 8.50. The summed E-state index contributed by atoms with van der Waals surface area (Å²) in [5.74, 6) is 0. The van der Waals surface area contributed by atoms with Gasteiger partial charge in [0, 0.05) is 17.6 Å². The van der Waals surface area contributed by atoms with Crippen molar-refractivity contribution in [1.29, 1.82) is 0 Å². The van der Waals surface area contributed by atoms with E-state index in [4.69, 9.17) is 28.9 Å². The smallest absolute Gasteiger partial charge is 0.143 e. The molecule has 0 aliphatic carbocycles. The molecule has 0 saturated carbocycles. The predicted molar refractivity (Wildman–Crippen MR) is 68.0 cm³/mol. The van der Waals surface area contributed by atoms with Gasteiger partial charge in [0.15, 0.2) is 0 Å². The molecule has 2 N–H and O–H groups in total. The SMILES string of the molecule is Cc1nc(-c2ncc(Cl)cc2Cl)sc1CN. The fraction of sp³-hybridized carbons (Fsp3) is 0.200. The largest absolute Gasteiger partial charge is 0.326 e. The van der Waals surface area contributed by atoms with Gasteiger partial charge in [0.2, 0.25) is 0 Å². The van der Waals surface area contributed by atoms with E-state index in [2.05, 4.69) is 9.97 Å². The van der Waals surface area contributed by atoms with Crippen molar-refractivity contribution in [3.8, 4) is 10.7 Å². The van der Waals surface area contributed by atoms with Gasteiger partial charge in [0.05, 0.1) is 15.7 Å². The Labute approximate surface area is 107 Å². The number of rotatable bonds is 2. The van der Waals surface area contributed by atoms with Gasteiger partial charge in [-0.1, -0.05) is 23.2 Å². The van der Waals surface area contributed by atoms with E-state index in [0.29, 0.717) is 22.3 Å². The standard InChI is InChI=1S/C10H9Cl2N3S/c1-5-8(3-13)16-10(15-5)9-7(12)2-6(11)4-14-9/h2,4H,3,13H2,1H3. The third-order valence-electron chi connectivity index (χ3n) is 2.09. The van der Waals surface area contributed by atoms with Crippen molar-refractivity contribution in [2.45, 2.75) is 13.5 Å². The average molecular weight is 274 g/mol. The number of hydrogen-bond donors (Lipinski definition) is 1. The number of aryl methyl sites for hydroxylation is 1. The topological polar surface area (TPSA) is 51.8 Å². The first-order valence-corrected chi connectivity index (χ1v) is 6.17. The van der Waals surface area contributed by atoms with Gasteiger partial charge >= 0.3 is 0 Å². The second-order valence-electron chi connectivity index (χ2n) is 3.22. The van der Waals surface area contributed by atoms with Crippen molar-refractivity contribution in [3.05, 3.63) is 32.9 Å². The highest BCUT2D eigenvalue weighted by atomic mass is 35.5. The Kier molecular flexibility index (Phi) is 3.44. The summed E-state index contributed by atoms with van der Waals surface area (Å²) in [6.45, 7) is 2.40. The first-order chi connectivity index (χ1) is 7.61. The monoisotopic (exact) mass is 273 g/mol. The van der Waals surface area contributed by atoms with E-state index in [-0.39, 0.29) is 0 Å². The Bertz CT molecular complexity index is 525. The van der Waals surface area contributed by atoms with Crippen LogP contribution in [0, 0.1) is 6.92 Å². The minimum absolute atomic E-state index is 0.481. The summed E-state index contributed by atoms with van der Waals surface area (Å²) in [5.41, 5.74) is 7.18. The third kappa shape index (κ3) is 2.20. The molecule has 2 aromatic rings. The maximum absolute atomic E-state index is 6.06. The second-order valence-corrected chi connectivity index (χ2v) is 5.14. The van der Waals surface area contributed by atoms with Gasteiger partial charge < -0.3 is 5.73 Å². The Morgan fingerprint density at radius 3 is 2.75 bits per heavy atom. The number of thiazole rings is 1. The highest BCUT2D eigenvalue weighted by Crippen LogP contribution is 2.32. The molecular weight excluding hydrogens is 265 g/mol. The molecular formula is C10H9Cl2N3S. The summed E-state index contributed by atoms with van der Waals surface area (Å²) in [6, 6.07) is 1.66. The number of hydrogen-bond acceptors (Lipinski definition) is 4. The van der Waals surface area contributed by atoms with E-state index in [1.165, 1.54) is 11.3 Å². The van der Waals surface area contributed by atoms with Crippen molar-refractivity contribution in [3.63, 3.8) is 0 Å². The van der Waals surface area contributed by atoms with Gasteiger partial charge in [-0.05, 0) is 13.0 Å². The van der Waals surface area contributed by atoms with Crippen LogP contribution in [0.25, 0.3) is 10.7 Å². The van der Waals surface area contributed by atoms with Crippen LogP contribution in [0.5, 0.6) is 0 Å². The molecule has 0 fully saturated rings. The minimum atomic E-state index is 0.481. The van der Waals surface area contributed by atoms with E-state index < -0.39 is 0 Å². The number of aromatic nitrogens is 2. The lowest BCUT2D eigenvalue weighted by Gasteiger charge is -1.98. The molecule has 0 bridgehead atoms. The lowest BCUT2D eigenvalue weighted by Crippen LogP contribution is -1.94. The fourth-order valence-corrected chi connectivity index (χ4v) is 2.77. The van der Waals surface area contributed by atoms with E-state index in [9.17, 15) is 0 Å². The average Bonchev–Trinajstić information content (AvgIpc) is 2.59. The van der Waals surface area contributed by atoms with Gasteiger partial charge in [-0.25, -0.2) is 4.98 Å². The molecule has 3 nitrogen and oxygen atoms in total. The van der Waals surface area contributed by atoms with Crippen LogP contribution in [-0.2, 0) is 6.54 Å². The van der Waals surface area contributed by atoms with Crippen LogP contribution in [0.4, 0.5) is 0 Å². The Hall–Kier alpha value is -0.680. The summed E-state index contributed by atoms with van der Waals surface area (Å²) >= 11 is 13.3. The van der Waals surface area contributed by atoms with Gasteiger partial charge in [-0.2, -0.15) is 0 Å². The summed E-state index contributed by atoms with van der Waals surface area (Å²) in [5, 5.41) is 1.80. The van der Waals surface area contributed by atoms with Crippen molar-refractivity contribution < 1.29 is 0 Å². The number of halogens is 2. The molecule has 0 aliphatic rings. The van der Waals surface area contributed by atoms with Crippen LogP contribution in [0.15, 0.2) is 12.3 Å². The normalized spacial score (nSPS) is 10.8. The lowest BCUT2D eigenvalue weighted by atomic mass is 10.3. The quantitative estimate of drug-likeness (QED) is 0.914. The van der Waals surface area contributed by atoms with Crippen LogP contribution < -0.4 is 5.73 Å². The van der Waals surface area contributed by atoms with Crippen molar-refractivity contribution in [1.82, 2.24) is 9.97 Å². The molecule has 2 heterocycles. The highest BCUT2D eigenvalue weighted by Gasteiger charge is 2.12. The second kappa shape index (κ2) is 4.67. The van der Waals surface area contributed by atoms with E-state index >= 15 is 0 Å². The molecule has 2 aromatic heterocycles. The molecule has 0 saturated heterocycles. The predicted octanol–water partition coefficient (Wildman–Crippen LogP) is 3.28. The van der Waals surface area contributed by atoms with Crippen LogP contribution in [0.3, 0.4) is 0 Å². The van der Waals surface area contributed by atoms with Gasteiger partial charge in [0.25, 0.3) is 0 Å². The molecule has 0 amide bonds. The Morgan fingerprint density at radius 1 is 1.44 bits per heavy atom. The van der Waals surface area contributed by atoms with Crippen LogP contribution in [0.2, 0.25) is 10.0 Å². The van der Waals surface area contributed by atoms with Crippen LogP contribution in [0.1, 0.15) is 10.6 Å². The van der Waals surface area contributed by atoms with Crippen LogP contribution >= 0.6 is 34.5 Å². The maximum Gasteiger partial charge on any atom is 0.143 e. The molecule has 0 aromatic carbocycles. The van der Waals surface area contributed by atoms with Crippen molar-refractivity contribution >= 4 is 34.5 Å². The van der Waals surface area contributed by atoms with Crippen molar-refractivity contribution in [2.75, 3.05) is 0 Å². The van der Waals surface area contributed by atoms with Crippen molar-refractivity contribution in [2.24, 2.45) is 5.73 Å². The maximum atomic E-state index is 6.06. The molecule has 6 heteroatoms. The zero-order valence-corrected chi connectivity index (χ0v) is 10.8. The molecule has 0 aliphatic heterocycles. The molecule has 16 heavy (non-hydrogen) atoms. The minimum Gasteiger partial charge on any atom is -0.326 e. The molecule has 0 unspecified atom stereocenters. The lowest BCUT2D eigenvalue weighted by molar-refractivity contribution is 1.06. The molecule has 0 atom stereocenters. The van der Waals surface area contributed by atoms with Gasteiger partial charge in [0.1, 0.15) is 10.7 Å². The van der Waals surface area contributed by atoms with E-state index in [1.807, 2.05) is 6.92 Å². The summed E-state index contributed by atoms with van der Waals surface area (Å²) in [6.07, 6.45) is 1.56.